The van der Waals surface area contributed by atoms with Crippen LogP contribution in [0.4, 0.5) is 0 Å². The molecule has 0 amide bonds. The van der Waals surface area contributed by atoms with Gasteiger partial charge in [-0.2, -0.15) is 0 Å². The Kier molecular flexibility index (Phi) is 3.44. The van der Waals surface area contributed by atoms with Crippen molar-refractivity contribution in [2.45, 2.75) is 38.4 Å². The molecule has 0 aliphatic heterocycles. The summed E-state index contributed by atoms with van der Waals surface area (Å²) in [5.41, 5.74) is 1.28. The van der Waals surface area contributed by atoms with Crippen LogP contribution < -0.4 is 5.32 Å². The van der Waals surface area contributed by atoms with E-state index in [2.05, 4.69) is 23.3 Å². The van der Waals surface area contributed by atoms with E-state index in [4.69, 9.17) is 4.42 Å². The van der Waals surface area contributed by atoms with Gasteiger partial charge in [-0.15, -0.1) is 0 Å². The number of nitrogens with zero attached hydrogens (tertiary/aromatic N) is 1. The summed E-state index contributed by atoms with van der Waals surface area (Å²) in [5, 5.41) is 3.16. The zero-order valence-electron chi connectivity index (χ0n) is 9.62. The van der Waals surface area contributed by atoms with Crippen LogP contribution in [0.3, 0.4) is 0 Å². The molecule has 1 N–H and O–H groups in total. The van der Waals surface area contributed by atoms with Crippen molar-refractivity contribution in [1.29, 1.82) is 0 Å². The third-order valence-corrected chi connectivity index (χ3v) is 3.30. The topological polar surface area (TPSA) is 28.4 Å². The second-order valence-corrected chi connectivity index (χ2v) is 4.40. The summed E-state index contributed by atoms with van der Waals surface area (Å²) < 4.78 is 5.52. The molecule has 0 unspecified atom stereocenters. The van der Waals surface area contributed by atoms with Crippen LogP contribution in [0.5, 0.6) is 0 Å². The Hall–Kier alpha value is -0.800. The highest BCUT2D eigenvalue weighted by atomic mass is 16.3. The van der Waals surface area contributed by atoms with Crippen molar-refractivity contribution >= 4 is 0 Å². The van der Waals surface area contributed by atoms with Gasteiger partial charge in [0.25, 0.3) is 0 Å². The standard InChI is InChI=1S/C12H20N2O/c1-13-8-10-6-7-15-12(10)9-14(2)11-4-3-5-11/h6-7,11,13H,3-5,8-9H2,1-2H3. The lowest BCUT2D eigenvalue weighted by atomic mass is 9.92. The molecule has 1 fully saturated rings. The molecule has 3 heteroatoms. The van der Waals surface area contributed by atoms with Crippen molar-refractivity contribution in [2.75, 3.05) is 14.1 Å². The van der Waals surface area contributed by atoms with Gasteiger partial charge in [0.1, 0.15) is 5.76 Å². The van der Waals surface area contributed by atoms with Gasteiger partial charge in [-0.25, -0.2) is 0 Å². The zero-order valence-corrected chi connectivity index (χ0v) is 9.62. The van der Waals surface area contributed by atoms with Gasteiger partial charge in [-0.05, 0) is 33.0 Å². The number of hydrogen-bond acceptors (Lipinski definition) is 3. The van der Waals surface area contributed by atoms with Gasteiger partial charge < -0.3 is 9.73 Å². The molecule has 1 aromatic rings. The van der Waals surface area contributed by atoms with Crippen LogP contribution in [0.15, 0.2) is 16.7 Å². The molecule has 1 aliphatic rings. The van der Waals surface area contributed by atoms with Crippen molar-refractivity contribution in [1.82, 2.24) is 10.2 Å². The largest absolute Gasteiger partial charge is 0.468 e. The lowest BCUT2D eigenvalue weighted by Gasteiger charge is -2.34. The normalized spacial score (nSPS) is 17.0. The van der Waals surface area contributed by atoms with Crippen LogP contribution in [0, 0.1) is 0 Å². The van der Waals surface area contributed by atoms with Gasteiger partial charge in [0.2, 0.25) is 0 Å². The number of furan rings is 1. The average molecular weight is 208 g/mol. The predicted octanol–water partition coefficient (Wildman–Crippen LogP) is 1.98. The van der Waals surface area contributed by atoms with Crippen molar-refractivity contribution in [3.63, 3.8) is 0 Å². The minimum Gasteiger partial charge on any atom is -0.468 e. The van der Waals surface area contributed by atoms with E-state index in [1.165, 1.54) is 24.8 Å². The summed E-state index contributed by atoms with van der Waals surface area (Å²) in [7, 11) is 4.15. The van der Waals surface area contributed by atoms with E-state index in [-0.39, 0.29) is 0 Å². The Labute approximate surface area is 91.4 Å². The molecule has 0 saturated heterocycles. The molecule has 1 saturated carbocycles. The molecule has 1 aliphatic carbocycles. The average Bonchev–Trinajstić information content (AvgIpc) is 2.50. The Balaban J connectivity index is 1.93. The summed E-state index contributed by atoms with van der Waals surface area (Å²) >= 11 is 0. The third-order valence-electron chi connectivity index (χ3n) is 3.30. The maximum Gasteiger partial charge on any atom is 0.122 e. The molecule has 0 aromatic carbocycles. The second kappa shape index (κ2) is 4.81. The Morgan fingerprint density at radius 3 is 2.93 bits per heavy atom. The number of rotatable bonds is 5. The van der Waals surface area contributed by atoms with Crippen LogP contribution in [-0.4, -0.2) is 25.0 Å². The first-order chi connectivity index (χ1) is 7.31. The predicted molar refractivity (Wildman–Crippen MR) is 60.6 cm³/mol. The van der Waals surface area contributed by atoms with Crippen molar-refractivity contribution < 1.29 is 4.42 Å². The minimum absolute atomic E-state index is 0.775. The maximum atomic E-state index is 5.52. The van der Waals surface area contributed by atoms with E-state index in [9.17, 15) is 0 Å². The van der Waals surface area contributed by atoms with Gasteiger partial charge in [0.05, 0.1) is 12.8 Å². The van der Waals surface area contributed by atoms with Crippen LogP contribution in [-0.2, 0) is 13.1 Å². The van der Waals surface area contributed by atoms with Crippen molar-refractivity contribution in [2.24, 2.45) is 0 Å². The fraction of sp³-hybridized carbons (Fsp3) is 0.667. The van der Waals surface area contributed by atoms with Gasteiger partial charge in [-0.1, -0.05) is 6.42 Å². The fourth-order valence-corrected chi connectivity index (χ4v) is 2.04. The summed E-state index contributed by atoms with van der Waals surface area (Å²) in [5.74, 6) is 1.11. The molecule has 3 nitrogen and oxygen atoms in total. The van der Waals surface area contributed by atoms with Crippen LogP contribution in [0.25, 0.3) is 0 Å². The second-order valence-electron chi connectivity index (χ2n) is 4.40. The summed E-state index contributed by atoms with van der Waals surface area (Å²) in [6.07, 6.45) is 5.87. The van der Waals surface area contributed by atoms with Gasteiger partial charge in [-0.3, -0.25) is 4.90 Å². The maximum absolute atomic E-state index is 5.52. The zero-order chi connectivity index (χ0) is 10.7. The molecule has 0 bridgehead atoms. The highest BCUT2D eigenvalue weighted by Gasteiger charge is 2.23. The Bertz CT molecular complexity index is 304. The number of hydrogen-bond donors (Lipinski definition) is 1. The van der Waals surface area contributed by atoms with Gasteiger partial charge in [0.15, 0.2) is 0 Å². The third kappa shape index (κ3) is 2.41. The quantitative estimate of drug-likeness (QED) is 0.802. The van der Waals surface area contributed by atoms with Crippen molar-refractivity contribution in [3.8, 4) is 0 Å². The van der Waals surface area contributed by atoms with E-state index in [0.717, 1.165) is 24.9 Å². The van der Waals surface area contributed by atoms with Crippen LogP contribution >= 0.6 is 0 Å². The smallest absolute Gasteiger partial charge is 0.122 e. The lowest BCUT2D eigenvalue weighted by Crippen LogP contribution is -2.36. The van der Waals surface area contributed by atoms with E-state index < -0.39 is 0 Å². The lowest BCUT2D eigenvalue weighted by molar-refractivity contribution is 0.142. The first kappa shape index (κ1) is 10.7. The van der Waals surface area contributed by atoms with E-state index in [1.807, 2.05) is 7.05 Å². The van der Waals surface area contributed by atoms with Gasteiger partial charge in [0, 0.05) is 18.2 Å². The first-order valence-electron chi connectivity index (χ1n) is 5.71. The molecule has 1 heterocycles. The van der Waals surface area contributed by atoms with Gasteiger partial charge >= 0.3 is 0 Å². The Morgan fingerprint density at radius 1 is 1.53 bits per heavy atom. The molecule has 2 rings (SSSR count). The summed E-state index contributed by atoms with van der Waals surface area (Å²) in [4.78, 5) is 2.40. The molecule has 15 heavy (non-hydrogen) atoms. The summed E-state index contributed by atoms with van der Waals surface area (Å²) in [6, 6.07) is 2.83. The van der Waals surface area contributed by atoms with E-state index in [0.29, 0.717) is 0 Å². The van der Waals surface area contributed by atoms with Crippen LogP contribution in [0.2, 0.25) is 0 Å². The fourth-order valence-electron chi connectivity index (χ4n) is 2.04. The highest BCUT2D eigenvalue weighted by molar-refractivity contribution is 5.16. The Morgan fingerprint density at radius 2 is 2.33 bits per heavy atom. The molecule has 0 atom stereocenters. The molecule has 0 spiro atoms. The van der Waals surface area contributed by atoms with E-state index in [1.54, 1.807) is 6.26 Å². The SMILES string of the molecule is CNCc1ccoc1CN(C)C1CCC1. The summed E-state index contributed by atoms with van der Waals surface area (Å²) in [6.45, 7) is 1.83. The molecule has 84 valence electrons. The van der Waals surface area contributed by atoms with Crippen LogP contribution in [0.1, 0.15) is 30.6 Å². The molecule has 0 radical (unpaired) electrons. The van der Waals surface area contributed by atoms with Crippen molar-refractivity contribution in [3.05, 3.63) is 23.7 Å². The minimum atomic E-state index is 0.775. The first-order valence-corrected chi connectivity index (χ1v) is 5.71. The molecular formula is C12H20N2O. The molecular weight excluding hydrogens is 188 g/mol. The molecule has 1 aromatic heterocycles. The number of nitrogens with one attached hydrogen (secondary N) is 1. The van der Waals surface area contributed by atoms with E-state index >= 15 is 0 Å². The monoisotopic (exact) mass is 208 g/mol. The highest BCUT2D eigenvalue weighted by Crippen LogP contribution is 2.25.